The van der Waals surface area contributed by atoms with Gasteiger partial charge in [-0.25, -0.2) is 9.18 Å². The lowest BCUT2D eigenvalue weighted by atomic mass is 10.2. The van der Waals surface area contributed by atoms with Crippen molar-refractivity contribution < 1.29 is 19.0 Å². The van der Waals surface area contributed by atoms with Crippen LogP contribution in [0.25, 0.3) is 0 Å². The number of hydrogen-bond acceptors (Lipinski definition) is 3. The molecule has 3 aromatic rings. The van der Waals surface area contributed by atoms with Gasteiger partial charge in [-0.2, -0.15) is 0 Å². The Kier molecular flexibility index (Phi) is 6.39. The molecular formula is C21H16Cl2FNO3. The van der Waals surface area contributed by atoms with Crippen molar-refractivity contribution in [2.24, 2.45) is 0 Å². The van der Waals surface area contributed by atoms with Crippen molar-refractivity contribution in [2.75, 3.05) is 5.32 Å². The lowest BCUT2D eigenvalue weighted by Crippen LogP contribution is -2.02. The molecule has 0 spiro atoms. The Hall–Kier alpha value is -2.76. The largest absolute Gasteiger partial charge is 0.489 e. The van der Waals surface area contributed by atoms with Gasteiger partial charge in [0.05, 0.1) is 15.6 Å². The molecular weight excluding hydrogens is 404 g/mol. The summed E-state index contributed by atoms with van der Waals surface area (Å²) in [4.78, 5) is 11.0. The first-order valence-corrected chi connectivity index (χ1v) is 9.10. The summed E-state index contributed by atoms with van der Waals surface area (Å²) in [5, 5.41) is 12.7. The lowest BCUT2D eigenvalue weighted by molar-refractivity contribution is 0.0697. The Morgan fingerprint density at radius 3 is 2.39 bits per heavy atom. The van der Waals surface area contributed by atoms with E-state index in [1.54, 1.807) is 18.2 Å². The second-order valence-electron chi connectivity index (χ2n) is 6.02. The standard InChI is InChI=1S/C21H16Cl2FNO3/c22-19-9-15(24)4-3-14(19)12-28-17-6-1-13(2-7-17)11-25-16-5-8-18(21(26)27)20(23)10-16/h1-10,25H,11-12H2,(H,26,27). The Labute approximate surface area is 171 Å². The van der Waals surface area contributed by atoms with Crippen molar-refractivity contribution in [3.8, 4) is 5.75 Å². The van der Waals surface area contributed by atoms with Crippen LogP contribution in [0.3, 0.4) is 0 Å². The molecule has 0 aliphatic heterocycles. The van der Waals surface area contributed by atoms with Gasteiger partial charge >= 0.3 is 5.97 Å². The van der Waals surface area contributed by atoms with Crippen molar-refractivity contribution in [1.29, 1.82) is 0 Å². The van der Waals surface area contributed by atoms with E-state index in [1.165, 1.54) is 18.2 Å². The number of halogens is 3. The zero-order valence-corrected chi connectivity index (χ0v) is 16.1. The van der Waals surface area contributed by atoms with E-state index in [-0.39, 0.29) is 23.0 Å². The van der Waals surface area contributed by atoms with Gasteiger partial charge < -0.3 is 15.2 Å². The van der Waals surface area contributed by atoms with Gasteiger partial charge in [-0.05, 0) is 48.0 Å². The maximum atomic E-state index is 13.1. The van der Waals surface area contributed by atoms with Gasteiger partial charge in [-0.1, -0.05) is 41.4 Å². The van der Waals surface area contributed by atoms with Gasteiger partial charge in [0, 0.05) is 17.8 Å². The predicted octanol–water partition coefficient (Wildman–Crippen LogP) is 6.02. The zero-order valence-electron chi connectivity index (χ0n) is 14.6. The first-order chi connectivity index (χ1) is 13.4. The molecule has 0 bridgehead atoms. The molecule has 0 aromatic heterocycles. The minimum atomic E-state index is -1.06. The monoisotopic (exact) mass is 419 g/mol. The van der Waals surface area contributed by atoms with Crippen LogP contribution in [0.15, 0.2) is 60.7 Å². The van der Waals surface area contributed by atoms with Crippen LogP contribution in [0.1, 0.15) is 21.5 Å². The van der Waals surface area contributed by atoms with E-state index in [4.69, 9.17) is 33.0 Å². The summed E-state index contributed by atoms with van der Waals surface area (Å²) in [6.07, 6.45) is 0. The molecule has 0 heterocycles. The zero-order chi connectivity index (χ0) is 20.1. The smallest absolute Gasteiger partial charge is 0.337 e. The molecule has 0 saturated heterocycles. The van der Waals surface area contributed by atoms with Crippen LogP contribution in [0.2, 0.25) is 10.0 Å². The number of carboxylic acid groups (broad SMARTS) is 1. The molecule has 7 heteroatoms. The van der Waals surface area contributed by atoms with E-state index >= 15 is 0 Å². The van der Waals surface area contributed by atoms with Gasteiger partial charge in [-0.3, -0.25) is 0 Å². The van der Waals surface area contributed by atoms with Crippen molar-refractivity contribution >= 4 is 34.9 Å². The van der Waals surface area contributed by atoms with E-state index in [0.29, 0.717) is 22.9 Å². The van der Waals surface area contributed by atoms with Crippen LogP contribution >= 0.6 is 23.2 Å². The molecule has 2 N–H and O–H groups in total. The topological polar surface area (TPSA) is 58.6 Å². The predicted molar refractivity (Wildman–Crippen MR) is 108 cm³/mol. The molecule has 28 heavy (non-hydrogen) atoms. The number of ether oxygens (including phenoxy) is 1. The molecule has 0 atom stereocenters. The van der Waals surface area contributed by atoms with E-state index < -0.39 is 5.97 Å². The fraction of sp³-hybridized carbons (Fsp3) is 0.0952. The number of hydrogen-bond donors (Lipinski definition) is 2. The first-order valence-electron chi connectivity index (χ1n) is 8.35. The second kappa shape index (κ2) is 8.95. The van der Waals surface area contributed by atoms with Gasteiger partial charge in [0.15, 0.2) is 0 Å². The Bertz CT molecular complexity index is 993. The van der Waals surface area contributed by atoms with Gasteiger partial charge in [0.1, 0.15) is 18.2 Å². The molecule has 3 rings (SSSR count). The summed E-state index contributed by atoms with van der Waals surface area (Å²) in [7, 11) is 0. The molecule has 4 nitrogen and oxygen atoms in total. The minimum absolute atomic E-state index is 0.0648. The van der Waals surface area contributed by atoms with Crippen LogP contribution < -0.4 is 10.1 Å². The number of nitrogens with one attached hydrogen (secondary N) is 1. The van der Waals surface area contributed by atoms with Crippen LogP contribution in [-0.4, -0.2) is 11.1 Å². The van der Waals surface area contributed by atoms with Crippen LogP contribution in [0.5, 0.6) is 5.75 Å². The number of carbonyl (C=O) groups is 1. The lowest BCUT2D eigenvalue weighted by Gasteiger charge is -2.10. The SMILES string of the molecule is O=C(O)c1ccc(NCc2ccc(OCc3ccc(F)cc3Cl)cc2)cc1Cl. The van der Waals surface area contributed by atoms with Crippen molar-refractivity contribution in [2.45, 2.75) is 13.2 Å². The van der Waals surface area contributed by atoms with Crippen molar-refractivity contribution in [1.82, 2.24) is 0 Å². The second-order valence-corrected chi connectivity index (χ2v) is 6.84. The molecule has 0 radical (unpaired) electrons. The summed E-state index contributed by atoms with van der Waals surface area (Å²) in [6.45, 7) is 0.776. The number of carboxylic acids is 1. The fourth-order valence-electron chi connectivity index (χ4n) is 2.51. The van der Waals surface area contributed by atoms with E-state index in [0.717, 1.165) is 11.3 Å². The number of anilines is 1. The van der Waals surface area contributed by atoms with Crippen molar-refractivity contribution in [3.63, 3.8) is 0 Å². The summed E-state index contributed by atoms with van der Waals surface area (Å²) in [6, 6.07) is 16.4. The van der Waals surface area contributed by atoms with Crippen LogP contribution in [-0.2, 0) is 13.2 Å². The summed E-state index contributed by atoms with van der Waals surface area (Å²) < 4.78 is 18.7. The highest BCUT2D eigenvalue weighted by molar-refractivity contribution is 6.33. The molecule has 0 aliphatic carbocycles. The fourth-order valence-corrected chi connectivity index (χ4v) is 2.99. The summed E-state index contributed by atoms with van der Waals surface area (Å²) in [5.41, 5.74) is 2.50. The maximum absolute atomic E-state index is 13.1. The summed E-state index contributed by atoms with van der Waals surface area (Å²) in [5.74, 6) is -0.781. The molecule has 3 aromatic carbocycles. The Morgan fingerprint density at radius 1 is 1.00 bits per heavy atom. The van der Waals surface area contributed by atoms with Crippen molar-refractivity contribution in [3.05, 3.63) is 93.2 Å². The van der Waals surface area contributed by atoms with Crippen LogP contribution in [0, 0.1) is 5.82 Å². The van der Waals surface area contributed by atoms with Gasteiger partial charge in [0.25, 0.3) is 0 Å². The molecule has 0 unspecified atom stereocenters. The third-order valence-corrected chi connectivity index (χ3v) is 4.69. The van der Waals surface area contributed by atoms with E-state index in [2.05, 4.69) is 5.32 Å². The molecule has 0 saturated carbocycles. The molecule has 144 valence electrons. The maximum Gasteiger partial charge on any atom is 0.337 e. The molecule has 0 amide bonds. The number of rotatable bonds is 7. The van der Waals surface area contributed by atoms with E-state index in [1.807, 2.05) is 24.3 Å². The van der Waals surface area contributed by atoms with Gasteiger partial charge in [-0.15, -0.1) is 0 Å². The average molecular weight is 420 g/mol. The highest BCUT2D eigenvalue weighted by Crippen LogP contribution is 2.23. The molecule has 0 aliphatic rings. The normalized spacial score (nSPS) is 10.5. The van der Waals surface area contributed by atoms with Gasteiger partial charge in [0.2, 0.25) is 0 Å². The molecule has 0 fully saturated rings. The van der Waals surface area contributed by atoms with E-state index in [9.17, 15) is 9.18 Å². The number of benzene rings is 3. The quantitative estimate of drug-likeness (QED) is 0.491. The van der Waals surface area contributed by atoms with Crippen LogP contribution in [0.4, 0.5) is 10.1 Å². The first kappa shape index (κ1) is 20.0. The summed E-state index contributed by atoms with van der Waals surface area (Å²) >= 11 is 12.0. The average Bonchev–Trinajstić information content (AvgIpc) is 2.66. The highest BCUT2D eigenvalue weighted by atomic mass is 35.5. The Balaban J connectivity index is 1.55. The minimum Gasteiger partial charge on any atom is -0.489 e. The number of aromatic carboxylic acids is 1. The highest BCUT2D eigenvalue weighted by Gasteiger charge is 2.09. The third kappa shape index (κ3) is 5.15. The third-order valence-electron chi connectivity index (χ3n) is 4.03. The Morgan fingerprint density at radius 2 is 1.75 bits per heavy atom.